The molecule has 0 aliphatic carbocycles. The zero-order chi connectivity index (χ0) is 22.7. The first-order valence-corrected chi connectivity index (χ1v) is 11.9. The minimum Gasteiger partial charge on any atom is -0.322 e. The Hall–Kier alpha value is -3.16. The highest BCUT2D eigenvalue weighted by Gasteiger charge is 2.17. The molecule has 0 aliphatic rings. The van der Waals surface area contributed by atoms with Gasteiger partial charge in [0.1, 0.15) is 0 Å². The van der Waals surface area contributed by atoms with Crippen LogP contribution in [0, 0.1) is 13.8 Å². The average molecular weight is 462 g/mol. The van der Waals surface area contributed by atoms with E-state index in [0.29, 0.717) is 16.4 Å². The summed E-state index contributed by atoms with van der Waals surface area (Å²) >= 11 is 2.91. The number of nitrogens with one attached hydrogen (secondary N) is 2. The molecule has 0 spiro atoms. The number of benzene rings is 3. The minimum absolute atomic E-state index is 0.111. The summed E-state index contributed by atoms with van der Waals surface area (Å²) in [5.74, 6) is -0.271. The third kappa shape index (κ3) is 5.36. The van der Waals surface area contributed by atoms with Crippen LogP contribution >= 0.6 is 23.1 Å². The molecule has 2 amide bonds. The van der Waals surface area contributed by atoms with Crippen molar-refractivity contribution in [2.24, 2.45) is 0 Å². The molecule has 3 aromatic carbocycles. The molecule has 0 radical (unpaired) electrons. The van der Waals surface area contributed by atoms with Gasteiger partial charge in [0.15, 0.2) is 5.13 Å². The maximum atomic E-state index is 12.7. The number of fused-ring (bicyclic) bond motifs is 1. The van der Waals surface area contributed by atoms with E-state index in [1.165, 1.54) is 23.1 Å². The summed E-state index contributed by atoms with van der Waals surface area (Å²) in [6.07, 6.45) is 0. The quantitative estimate of drug-likeness (QED) is 0.331. The van der Waals surface area contributed by atoms with Gasteiger partial charge >= 0.3 is 0 Å². The Morgan fingerprint density at radius 1 is 0.938 bits per heavy atom. The number of hydrogen-bond acceptors (Lipinski definition) is 5. The smallest absolute Gasteiger partial charge is 0.255 e. The Balaban J connectivity index is 1.39. The predicted molar refractivity (Wildman–Crippen MR) is 134 cm³/mol. The maximum Gasteiger partial charge on any atom is 0.255 e. The Labute approximate surface area is 195 Å². The van der Waals surface area contributed by atoms with Crippen LogP contribution in [0.1, 0.15) is 28.4 Å². The van der Waals surface area contributed by atoms with E-state index in [9.17, 15) is 9.59 Å². The lowest BCUT2D eigenvalue weighted by atomic mass is 10.1. The van der Waals surface area contributed by atoms with Crippen molar-refractivity contribution in [2.75, 3.05) is 10.6 Å². The van der Waals surface area contributed by atoms with Crippen molar-refractivity contribution in [3.63, 3.8) is 0 Å². The van der Waals surface area contributed by atoms with Gasteiger partial charge in [0, 0.05) is 16.1 Å². The number of aryl methyl sites for hydroxylation is 2. The molecule has 1 unspecified atom stereocenters. The molecule has 4 aromatic rings. The van der Waals surface area contributed by atoms with Gasteiger partial charge in [-0.2, -0.15) is 0 Å². The van der Waals surface area contributed by atoms with Crippen LogP contribution in [-0.2, 0) is 4.79 Å². The number of amides is 2. The van der Waals surface area contributed by atoms with Gasteiger partial charge < -0.3 is 10.6 Å². The van der Waals surface area contributed by atoms with E-state index in [2.05, 4.69) is 21.7 Å². The summed E-state index contributed by atoms with van der Waals surface area (Å²) in [5.41, 5.74) is 4.38. The number of anilines is 2. The van der Waals surface area contributed by atoms with Gasteiger partial charge in [0.2, 0.25) is 5.91 Å². The first kappa shape index (κ1) is 22.0. The molecule has 1 atom stereocenters. The van der Waals surface area contributed by atoms with Crippen molar-refractivity contribution < 1.29 is 9.59 Å². The fourth-order valence-electron chi connectivity index (χ4n) is 3.19. The SMILES string of the molecule is Cc1cccc(C(=O)Nc2cccc(SC(C)C(=O)Nc3nc4ccc(C)cc4s3)c2)c1. The third-order valence-electron chi connectivity index (χ3n) is 4.83. The molecule has 1 aromatic heterocycles. The number of rotatable bonds is 6. The van der Waals surface area contributed by atoms with Gasteiger partial charge in [-0.25, -0.2) is 4.98 Å². The molecular weight excluding hydrogens is 438 g/mol. The monoisotopic (exact) mass is 461 g/mol. The standard InChI is InChI=1S/C25H23N3O2S2/c1-15-6-4-7-18(12-15)24(30)26-19-8-5-9-20(14-19)31-17(3)23(29)28-25-27-21-11-10-16(2)13-22(21)32-25/h4-14,17H,1-3H3,(H,26,30)(H,27,28,29). The second kappa shape index (κ2) is 9.54. The van der Waals surface area contributed by atoms with Crippen LogP contribution in [0.3, 0.4) is 0 Å². The molecule has 0 saturated heterocycles. The minimum atomic E-state index is -0.327. The van der Waals surface area contributed by atoms with Gasteiger partial charge in [0.25, 0.3) is 5.91 Å². The topological polar surface area (TPSA) is 71.1 Å². The molecule has 0 aliphatic heterocycles. The molecule has 0 fully saturated rings. The normalized spacial score (nSPS) is 11.8. The van der Waals surface area contributed by atoms with Gasteiger partial charge in [0.05, 0.1) is 15.5 Å². The Morgan fingerprint density at radius 2 is 1.72 bits per heavy atom. The summed E-state index contributed by atoms with van der Waals surface area (Å²) in [6.45, 7) is 5.85. The highest BCUT2D eigenvalue weighted by atomic mass is 32.2. The molecular formula is C25H23N3O2S2. The Bertz CT molecular complexity index is 1300. The molecule has 5 nitrogen and oxygen atoms in total. The summed E-state index contributed by atoms with van der Waals surface area (Å²) in [6, 6.07) is 21.0. The third-order valence-corrected chi connectivity index (χ3v) is 6.86. The molecule has 4 rings (SSSR count). The van der Waals surface area contributed by atoms with Crippen molar-refractivity contribution >= 4 is 55.9 Å². The number of carbonyl (C=O) groups excluding carboxylic acids is 2. The number of carbonyl (C=O) groups is 2. The van der Waals surface area contributed by atoms with E-state index >= 15 is 0 Å². The van der Waals surface area contributed by atoms with Crippen LogP contribution in [0.2, 0.25) is 0 Å². The van der Waals surface area contributed by atoms with E-state index in [4.69, 9.17) is 0 Å². The summed E-state index contributed by atoms with van der Waals surface area (Å²) in [7, 11) is 0. The second-order valence-electron chi connectivity index (χ2n) is 7.59. The summed E-state index contributed by atoms with van der Waals surface area (Å²) < 4.78 is 1.05. The Morgan fingerprint density at radius 3 is 2.53 bits per heavy atom. The highest BCUT2D eigenvalue weighted by molar-refractivity contribution is 8.00. The zero-order valence-corrected chi connectivity index (χ0v) is 19.6. The molecule has 7 heteroatoms. The van der Waals surface area contributed by atoms with Crippen molar-refractivity contribution in [3.05, 3.63) is 83.4 Å². The van der Waals surface area contributed by atoms with Crippen molar-refractivity contribution in [1.29, 1.82) is 0 Å². The fraction of sp³-hybridized carbons (Fsp3) is 0.160. The number of nitrogens with zero attached hydrogens (tertiary/aromatic N) is 1. The first-order chi connectivity index (χ1) is 15.4. The van der Waals surface area contributed by atoms with Crippen molar-refractivity contribution in [3.8, 4) is 0 Å². The summed E-state index contributed by atoms with van der Waals surface area (Å²) in [5, 5.41) is 6.12. The maximum absolute atomic E-state index is 12.7. The number of thiazole rings is 1. The lowest BCUT2D eigenvalue weighted by molar-refractivity contribution is -0.115. The predicted octanol–water partition coefficient (Wildman–Crippen LogP) is 6.28. The number of aromatic nitrogens is 1. The van der Waals surface area contributed by atoms with Gasteiger partial charge in [-0.1, -0.05) is 41.2 Å². The van der Waals surface area contributed by atoms with Crippen molar-refractivity contribution in [1.82, 2.24) is 4.98 Å². The number of hydrogen-bond donors (Lipinski definition) is 2. The lowest BCUT2D eigenvalue weighted by Crippen LogP contribution is -2.22. The average Bonchev–Trinajstić information content (AvgIpc) is 3.15. The van der Waals surface area contributed by atoms with E-state index < -0.39 is 0 Å². The van der Waals surface area contributed by atoms with E-state index in [1.54, 1.807) is 6.07 Å². The molecule has 162 valence electrons. The van der Waals surface area contributed by atoms with Gasteiger partial charge in [-0.15, -0.1) is 11.8 Å². The number of thioether (sulfide) groups is 1. The van der Waals surface area contributed by atoms with Gasteiger partial charge in [-0.05, 0) is 68.8 Å². The van der Waals surface area contributed by atoms with Crippen molar-refractivity contribution in [2.45, 2.75) is 30.9 Å². The highest BCUT2D eigenvalue weighted by Crippen LogP contribution is 2.29. The second-order valence-corrected chi connectivity index (χ2v) is 10.0. The lowest BCUT2D eigenvalue weighted by Gasteiger charge is -2.12. The van der Waals surface area contributed by atoms with E-state index in [1.807, 2.05) is 75.4 Å². The molecule has 32 heavy (non-hydrogen) atoms. The van der Waals surface area contributed by atoms with Crippen LogP contribution < -0.4 is 10.6 Å². The summed E-state index contributed by atoms with van der Waals surface area (Å²) in [4.78, 5) is 30.6. The van der Waals surface area contributed by atoms with Crippen LogP contribution in [-0.4, -0.2) is 22.0 Å². The molecule has 0 saturated carbocycles. The van der Waals surface area contributed by atoms with E-state index in [-0.39, 0.29) is 17.1 Å². The Kier molecular flexibility index (Phi) is 6.58. The van der Waals surface area contributed by atoms with Crippen LogP contribution in [0.25, 0.3) is 10.2 Å². The first-order valence-electron chi connectivity index (χ1n) is 10.2. The fourth-order valence-corrected chi connectivity index (χ4v) is 5.08. The largest absolute Gasteiger partial charge is 0.322 e. The molecule has 1 heterocycles. The van der Waals surface area contributed by atoms with Gasteiger partial charge in [-0.3, -0.25) is 9.59 Å². The van der Waals surface area contributed by atoms with E-state index in [0.717, 1.165) is 26.2 Å². The molecule has 2 N–H and O–H groups in total. The van der Waals surface area contributed by atoms with Crippen LogP contribution in [0.4, 0.5) is 10.8 Å². The van der Waals surface area contributed by atoms with Crippen LogP contribution in [0.15, 0.2) is 71.6 Å². The molecule has 0 bridgehead atoms. The zero-order valence-electron chi connectivity index (χ0n) is 18.0. The van der Waals surface area contributed by atoms with Crippen LogP contribution in [0.5, 0.6) is 0 Å².